The lowest BCUT2D eigenvalue weighted by molar-refractivity contribution is 0.669. The van der Waals surface area contributed by atoms with Crippen LogP contribution in [0.5, 0.6) is 0 Å². The van der Waals surface area contributed by atoms with Crippen LogP contribution in [0, 0.1) is 0 Å². The van der Waals surface area contributed by atoms with Crippen molar-refractivity contribution in [3.8, 4) is 0 Å². The molecule has 0 aliphatic heterocycles. The first-order chi connectivity index (χ1) is 13.4. The van der Waals surface area contributed by atoms with Crippen LogP contribution in [0.25, 0.3) is 62.3 Å². The summed E-state index contributed by atoms with van der Waals surface area (Å²) in [5.41, 5.74) is 1.93. The molecule has 27 heavy (non-hydrogen) atoms. The highest BCUT2D eigenvalue weighted by molar-refractivity contribution is 7.28. The minimum Gasteiger partial charge on any atom is -0.456 e. The van der Waals surface area contributed by atoms with Crippen LogP contribution in [0.3, 0.4) is 0 Å². The van der Waals surface area contributed by atoms with Crippen molar-refractivity contribution in [2.24, 2.45) is 0 Å². The Kier molecular flexibility index (Phi) is 2.57. The van der Waals surface area contributed by atoms with Gasteiger partial charge in [0.25, 0.3) is 0 Å². The van der Waals surface area contributed by atoms with E-state index in [4.69, 9.17) is 4.42 Å². The van der Waals surface area contributed by atoms with Gasteiger partial charge in [0, 0.05) is 51.1 Å². The summed E-state index contributed by atoms with van der Waals surface area (Å²) in [5.74, 6) is 0. The molecule has 0 unspecified atom stereocenters. The summed E-state index contributed by atoms with van der Waals surface area (Å²) in [7, 11) is 0. The fourth-order valence-corrected chi connectivity index (χ4v) is 6.62. The molecular weight excluding hydrogens is 368 g/mol. The van der Waals surface area contributed by atoms with Gasteiger partial charge in [-0.25, -0.2) is 0 Å². The van der Waals surface area contributed by atoms with E-state index in [0.717, 1.165) is 11.2 Å². The van der Waals surface area contributed by atoms with Gasteiger partial charge in [0.1, 0.15) is 11.2 Å². The topological polar surface area (TPSA) is 13.1 Å². The number of furan rings is 1. The third-order valence-corrected chi connectivity index (χ3v) is 7.74. The van der Waals surface area contributed by atoms with Gasteiger partial charge in [0.05, 0.1) is 0 Å². The van der Waals surface area contributed by atoms with E-state index in [2.05, 4.69) is 66.7 Å². The number of hydrogen-bond donors (Lipinski definition) is 0. The van der Waals surface area contributed by atoms with Crippen molar-refractivity contribution in [1.29, 1.82) is 0 Å². The molecule has 3 heterocycles. The molecule has 0 amide bonds. The number of rotatable bonds is 0. The minimum atomic E-state index is 0.960. The highest BCUT2D eigenvalue weighted by atomic mass is 32.1. The summed E-state index contributed by atoms with van der Waals surface area (Å²) >= 11 is 3.76. The summed E-state index contributed by atoms with van der Waals surface area (Å²) in [6.45, 7) is 0. The first-order valence-electron chi connectivity index (χ1n) is 8.95. The summed E-state index contributed by atoms with van der Waals surface area (Å²) in [5, 5.41) is 7.91. The summed E-state index contributed by atoms with van der Waals surface area (Å²) in [4.78, 5) is 0. The zero-order valence-electron chi connectivity index (χ0n) is 14.2. The quantitative estimate of drug-likeness (QED) is 0.258. The highest BCUT2D eigenvalue weighted by Gasteiger charge is 2.18. The largest absolute Gasteiger partial charge is 0.456 e. The maximum atomic E-state index is 6.17. The third kappa shape index (κ3) is 1.73. The van der Waals surface area contributed by atoms with Crippen LogP contribution in [0.15, 0.2) is 77.2 Å². The van der Waals surface area contributed by atoms with Gasteiger partial charge in [-0.1, -0.05) is 36.4 Å². The Morgan fingerprint density at radius 2 is 1.07 bits per heavy atom. The van der Waals surface area contributed by atoms with Gasteiger partial charge in [-0.05, 0) is 36.4 Å². The molecule has 0 spiro atoms. The molecule has 126 valence electrons. The van der Waals surface area contributed by atoms with Gasteiger partial charge in [-0.3, -0.25) is 0 Å². The highest BCUT2D eigenvalue weighted by Crippen LogP contribution is 2.47. The number of benzene rings is 4. The molecule has 3 aromatic heterocycles. The lowest BCUT2D eigenvalue weighted by atomic mass is 10.0. The van der Waals surface area contributed by atoms with Gasteiger partial charge in [0.15, 0.2) is 0 Å². The monoisotopic (exact) mass is 380 g/mol. The van der Waals surface area contributed by atoms with Crippen molar-refractivity contribution < 1.29 is 4.42 Å². The molecule has 4 aromatic carbocycles. The van der Waals surface area contributed by atoms with Crippen molar-refractivity contribution in [3.63, 3.8) is 0 Å². The molecule has 0 atom stereocenters. The fraction of sp³-hybridized carbons (Fsp3) is 0. The minimum absolute atomic E-state index is 0.960. The molecule has 0 aliphatic carbocycles. The Labute approximate surface area is 162 Å². The standard InChI is InChI=1S/C24H12OS2/c1-3-7-15-13(5-1)21-16(25-15)9-10-19-23(21)24-20(27-19)12-11-18-22(24)14-6-2-4-8-17(14)26-18/h1-12H. The summed E-state index contributed by atoms with van der Waals surface area (Å²) in [6.07, 6.45) is 0. The lowest BCUT2D eigenvalue weighted by Gasteiger charge is -1.99. The van der Waals surface area contributed by atoms with Crippen molar-refractivity contribution in [2.45, 2.75) is 0 Å². The van der Waals surface area contributed by atoms with Gasteiger partial charge in [-0.2, -0.15) is 0 Å². The van der Waals surface area contributed by atoms with E-state index in [1.807, 2.05) is 28.7 Å². The fourth-order valence-electron chi connectivity index (χ4n) is 4.38. The molecule has 0 saturated carbocycles. The average Bonchev–Trinajstić information content (AvgIpc) is 3.37. The Hall–Kier alpha value is -2.88. The molecule has 0 fully saturated rings. The lowest BCUT2D eigenvalue weighted by Crippen LogP contribution is -1.73. The van der Waals surface area contributed by atoms with Crippen LogP contribution < -0.4 is 0 Å². The molecule has 7 rings (SSSR count). The summed E-state index contributed by atoms with van der Waals surface area (Å²) in [6, 6.07) is 26.0. The normalized spacial score (nSPS) is 12.4. The molecule has 0 bridgehead atoms. The second-order valence-corrected chi connectivity index (χ2v) is 9.09. The molecule has 1 nitrogen and oxygen atoms in total. The predicted molar refractivity (Wildman–Crippen MR) is 119 cm³/mol. The molecular formula is C24H12OS2. The number of fused-ring (bicyclic) bond motifs is 11. The van der Waals surface area contributed by atoms with Crippen LogP contribution in [0.1, 0.15) is 0 Å². The van der Waals surface area contributed by atoms with Crippen LogP contribution in [-0.2, 0) is 0 Å². The molecule has 3 heteroatoms. The second-order valence-electron chi connectivity index (χ2n) is 6.92. The van der Waals surface area contributed by atoms with E-state index >= 15 is 0 Å². The third-order valence-electron chi connectivity index (χ3n) is 5.48. The van der Waals surface area contributed by atoms with E-state index in [1.165, 1.54) is 51.1 Å². The van der Waals surface area contributed by atoms with E-state index < -0.39 is 0 Å². The summed E-state index contributed by atoms with van der Waals surface area (Å²) < 4.78 is 11.5. The van der Waals surface area contributed by atoms with Crippen molar-refractivity contribution in [3.05, 3.63) is 72.8 Å². The molecule has 0 N–H and O–H groups in total. The van der Waals surface area contributed by atoms with Crippen molar-refractivity contribution in [2.75, 3.05) is 0 Å². The molecule has 0 aliphatic rings. The van der Waals surface area contributed by atoms with Crippen LogP contribution >= 0.6 is 22.7 Å². The van der Waals surface area contributed by atoms with E-state index in [1.54, 1.807) is 0 Å². The maximum Gasteiger partial charge on any atom is 0.136 e. The number of para-hydroxylation sites is 1. The zero-order chi connectivity index (χ0) is 17.5. The smallest absolute Gasteiger partial charge is 0.136 e. The van der Waals surface area contributed by atoms with Crippen molar-refractivity contribution in [1.82, 2.24) is 0 Å². The Balaban J connectivity index is 1.87. The van der Waals surface area contributed by atoms with Gasteiger partial charge in [0.2, 0.25) is 0 Å². The Morgan fingerprint density at radius 3 is 1.96 bits per heavy atom. The van der Waals surface area contributed by atoms with Gasteiger partial charge < -0.3 is 4.42 Å². The molecule has 7 aromatic rings. The predicted octanol–water partition coefficient (Wildman–Crippen LogP) is 8.32. The van der Waals surface area contributed by atoms with E-state index in [0.29, 0.717) is 0 Å². The van der Waals surface area contributed by atoms with Crippen LogP contribution in [-0.4, -0.2) is 0 Å². The first-order valence-corrected chi connectivity index (χ1v) is 10.6. The van der Waals surface area contributed by atoms with Crippen LogP contribution in [0.2, 0.25) is 0 Å². The van der Waals surface area contributed by atoms with E-state index in [-0.39, 0.29) is 0 Å². The maximum absolute atomic E-state index is 6.17. The first kappa shape index (κ1) is 14.2. The van der Waals surface area contributed by atoms with Gasteiger partial charge >= 0.3 is 0 Å². The molecule has 0 saturated heterocycles. The van der Waals surface area contributed by atoms with Crippen molar-refractivity contribution >= 4 is 85.0 Å². The van der Waals surface area contributed by atoms with Gasteiger partial charge in [-0.15, -0.1) is 22.7 Å². The average molecular weight is 380 g/mol. The Morgan fingerprint density at radius 1 is 0.444 bits per heavy atom. The Bertz CT molecular complexity index is 1550. The number of hydrogen-bond acceptors (Lipinski definition) is 3. The number of thiophene rings is 2. The second kappa shape index (κ2) is 4.89. The van der Waals surface area contributed by atoms with Crippen LogP contribution in [0.4, 0.5) is 0 Å². The van der Waals surface area contributed by atoms with E-state index in [9.17, 15) is 0 Å². The SMILES string of the molecule is c1ccc2c(c1)oc1ccc3sc4ccc5sc6ccccc6c5c4c3c12. The zero-order valence-corrected chi connectivity index (χ0v) is 15.8. The molecule has 0 radical (unpaired) electrons.